The van der Waals surface area contributed by atoms with E-state index in [-0.39, 0.29) is 5.41 Å². The Morgan fingerprint density at radius 1 is 1.31 bits per heavy atom. The molecule has 90 valence electrons. The van der Waals surface area contributed by atoms with E-state index in [1.165, 1.54) is 0 Å². The molecule has 0 aliphatic rings. The molecule has 1 aromatic rings. The van der Waals surface area contributed by atoms with Gasteiger partial charge in [0.2, 0.25) is 5.88 Å². The molecule has 0 aliphatic carbocycles. The van der Waals surface area contributed by atoms with E-state index in [1.54, 1.807) is 6.07 Å². The molecule has 1 rings (SSSR count). The second-order valence-electron chi connectivity index (χ2n) is 4.96. The van der Waals surface area contributed by atoms with Gasteiger partial charge in [0.1, 0.15) is 11.0 Å². The molecule has 4 heteroatoms. The summed E-state index contributed by atoms with van der Waals surface area (Å²) in [6.07, 6.45) is 1.74. The summed E-state index contributed by atoms with van der Waals surface area (Å²) in [4.78, 5) is 8.34. The smallest absolute Gasteiger partial charge is 0.218 e. The van der Waals surface area contributed by atoms with Crippen molar-refractivity contribution < 1.29 is 4.74 Å². The van der Waals surface area contributed by atoms with Gasteiger partial charge < -0.3 is 4.74 Å². The van der Waals surface area contributed by atoms with Crippen molar-refractivity contribution in [1.82, 2.24) is 9.97 Å². The topological polar surface area (TPSA) is 35.0 Å². The summed E-state index contributed by atoms with van der Waals surface area (Å²) < 4.78 is 5.57. The van der Waals surface area contributed by atoms with E-state index in [4.69, 9.17) is 16.3 Å². The maximum Gasteiger partial charge on any atom is 0.218 e. The molecule has 0 unspecified atom stereocenters. The Kier molecular flexibility index (Phi) is 4.54. The van der Waals surface area contributed by atoms with E-state index in [9.17, 15) is 0 Å². The number of halogens is 1. The third-order valence-corrected chi connectivity index (χ3v) is 2.33. The van der Waals surface area contributed by atoms with Gasteiger partial charge in [0.15, 0.2) is 0 Å². The van der Waals surface area contributed by atoms with Crippen molar-refractivity contribution in [3.05, 3.63) is 17.0 Å². The zero-order valence-electron chi connectivity index (χ0n) is 10.4. The molecule has 0 radical (unpaired) electrons. The molecule has 16 heavy (non-hydrogen) atoms. The Bertz CT molecular complexity index is 347. The molecule has 0 saturated heterocycles. The lowest BCUT2D eigenvalue weighted by Crippen LogP contribution is -2.12. The standard InChI is InChI=1S/C12H19ClN2O/c1-5-10-14-9(13)8-11(15-10)16-7-6-12(2,3)4/h8H,5-7H2,1-4H3. The molecular weight excluding hydrogens is 224 g/mol. The Balaban J connectivity index is 2.57. The first kappa shape index (κ1) is 13.2. The number of hydrogen-bond donors (Lipinski definition) is 0. The summed E-state index contributed by atoms with van der Waals surface area (Å²) in [6.45, 7) is 9.19. The van der Waals surface area contributed by atoms with Crippen LogP contribution in [0.25, 0.3) is 0 Å². The third-order valence-electron chi connectivity index (χ3n) is 2.14. The van der Waals surface area contributed by atoms with E-state index in [2.05, 4.69) is 30.7 Å². The fourth-order valence-electron chi connectivity index (χ4n) is 1.14. The zero-order chi connectivity index (χ0) is 12.2. The fraction of sp³-hybridized carbons (Fsp3) is 0.667. The first-order valence-electron chi connectivity index (χ1n) is 5.57. The highest BCUT2D eigenvalue weighted by Gasteiger charge is 2.10. The summed E-state index contributed by atoms with van der Waals surface area (Å²) >= 11 is 5.87. The first-order chi connectivity index (χ1) is 7.40. The van der Waals surface area contributed by atoms with E-state index in [1.807, 2.05) is 6.92 Å². The Morgan fingerprint density at radius 3 is 2.56 bits per heavy atom. The van der Waals surface area contributed by atoms with Gasteiger partial charge in [0.05, 0.1) is 6.61 Å². The van der Waals surface area contributed by atoms with Crippen LogP contribution in [0.2, 0.25) is 5.15 Å². The van der Waals surface area contributed by atoms with Crippen molar-refractivity contribution in [1.29, 1.82) is 0 Å². The molecule has 0 saturated carbocycles. The van der Waals surface area contributed by atoms with Crippen LogP contribution in [-0.2, 0) is 6.42 Å². The van der Waals surface area contributed by atoms with Crippen LogP contribution in [-0.4, -0.2) is 16.6 Å². The van der Waals surface area contributed by atoms with Gasteiger partial charge in [0, 0.05) is 12.5 Å². The van der Waals surface area contributed by atoms with Crippen LogP contribution in [0.1, 0.15) is 39.9 Å². The van der Waals surface area contributed by atoms with Crippen molar-refractivity contribution in [2.45, 2.75) is 40.5 Å². The lowest BCUT2D eigenvalue weighted by atomic mass is 9.93. The fourth-order valence-corrected chi connectivity index (χ4v) is 1.33. The molecule has 0 aliphatic heterocycles. The quantitative estimate of drug-likeness (QED) is 0.758. The Hall–Kier alpha value is -0.830. The van der Waals surface area contributed by atoms with Crippen molar-refractivity contribution in [2.75, 3.05) is 6.61 Å². The predicted molar refractivity (Wildman–Crippen MR) is 66.0 cm³/mol. The molecule has 0 spiro atoms. The minimum absolute atomic E-state index is 0.268. The molecule has 0 N–H and O–H groups in total. The molecule has 0 fully saturated rings. The van der Waals surface area contributed by atoms with Crippen LogP contribution < -0.4 is 4.74 Å². The molecule has 0 aromatic carbocycles. The average molecular weight is 243 g/mol. The van der Waals surface area contributed by atoms with Crippen LogP contribution in [0, 0.1) is 5.41 Å². The van der Waals surface area contributed by atoms with E-state index in [0.717, 1.165) is 18.7 Å². The van der Waals surface area contributed by atoms with Crippen LogP contribution in [0.3, 0.4) is 0 Å². The van der Waals surface area contributed by atoms with Crippen molar-refractivity contribution in [3.63, 3.8) is 0 Å². The highest BCUT2D eigenvalue weighted by atomic mass is 35.5. The van der Waals surface area contributed by atoms with Gasteiger partial charge in [-0.25, -0.2) is 4.98 Å². The lowest BCUT2D eigenvalue weighted by Gasteiger charge is -2.17. The zero-order valence-corrected chi connectivity index (χ0v) is 11.1. The molecule has 0 amide bonds. The largest absolute Gasteiger partial charge is 0.478 e. The number of hydrogen-bond acceptors (Lipinski definition) is 3. The second kappa shape index (κ2) is 5.48. The van der Waals surface area contributed by atoms with Gasteiger partial charge in [-0.3, -0.25) is 0 Å². The first-order valence-corrected chi connectivity index (χ1v) is 5.95. The third kappa shape index (κ3) is 4.79. The number of nitrogens with zero attached hydrogens (tertiary/aromatic N) is 2. The number of ether oxygens (including phenoxy) is 1. The highest BCUT2D eigenvalue weighted by Crippen LogP contribution is 2.20. The number of aryl methyl sites for hydroxylation is 1. The van der Waals surface area contributed by atoms with Gasteiger partial charge in [-0.15, -0.1) is 0 Å². The Morgan fingerprint density at radius 2 is 2.00 bits per heavy atom. The van der Waals surface area contributed by atoms with Crippen molar-refractivity contribution >= 4 is 11.6 Å². The molecular formula is C12H19ClN2O. The summed E-state index contributed by atoms with van der Waals surface area (Å²) in [5, 5.41) is 0.442. The van der Waals surface area contributed by atoms with Crippen LogP contribution >= 0.6 is 11.6 Å². The molecule has 3 nitrogen and oxygen atoms in total. The summed E-state index contributed by atoms with van der Waals surface area (Å²) in [5.41, 5.74) is 0.268. The van der Waals surface area contributed by atoms with E-state index >= 15 is 0 Å². The van der Waals surface area contributed by atoms with Gasteiger partial charge in [0.25, 0.3) is 0 Å². The van der Waals surface area contributed by atoms with Gasteiger partial charge in [-0.1, -0.05) is 39.3 Å². The maximum atomic E-state index is 5.87. The summed E-state index contributed by atoms with van der Waals surface area (Å²) in [6, 6.07) is 1.66. The molecule has 0 bridgehead atoms. The van der Waals surface area contributed by atoms with Gasteiger partial charge in [-0.2, -0.15) is 4.98 Å². The maximum absolute atomic E-state index is 5.87. The molecule has 0 atom stereocenters. The number of rotatable bonds is 4. The van der Waals surface area contributed by atoms with Crippen LogP contribution in [0.5, 0.6) is 5.88 Å². The monoisotopic (exact) mass is 242 g/mol. The minimum Gasteiger partial charge on any atom is -0.478 e. The SMILES string of the molecule is CCc1nc(Cl)cc(OCCC(C)(C)C)n1. The second-order valence-corrected chi connectivity index (χ2v) is 5.35. The normalized spacial score (nSPS) is 11.6. The van der Waals surface area contributed by atoms with E-state index in [0.29, 0.717) is 17.6 Å². The van der Waals surface area contributed by atoms with Crippen molar-refractivity contribution in [3.8, 4) is 5.88 Å². The predicted octanol–water partition coefficient (Wildman–Crippen LogP) is 3.51. The number of aromatic nitrogens is 2. The highest BCUT2D eigenvalue weighted by molar-refractivity contribution is 6.29. The van der Waals surface area contributed by atoms with Crippen LogP contribution in [0.4, 0.5) is 0 Å². The average Bonchev–Trinajstić information content (AvgIpc) is 2.14. The van der Waals surface area contributed by atoms with Crippen LogP contribution in [0.15, 0.2) is 6.07 Å². The van der Waals surface area contributed by atoms with E-state index < -0.39 is 0 Å². The van der Waals surface area contributed by atoms with Crippen molar-refractivity contribution in [2.24, 2.45) is 5.41 Å². The summed E-state index contributed by atoms with van der Waals surface area (Å²) in [5.74, 6) is 1.29. The molecule has 1 heterocycles. The Labute approximate surface area is 102 Å². The lowest BCUT2D eigenvalue weighted by molar-refractivity contribution is 0.235. The van der Waals surface area contributed by atoms with Gasteiger partial charge in [-0.05, 0) is 11.8 Å². The molecule has 1 aromatic heterocycles. The van der Waals surface area contributed by atoms with Gasteiger partial charge >= 0.3 is 0 Å². The minimum atomic E-state index is 0.268. The summed E-state index contributed by atoms with van der Waals surface area (Å²) in [7, 11) is 0.